The topological polar surface area (TPSA) is 67.8 Å². The van der Waals surface area contributed by atoms with Crippen molar-refractivity contribution in [2.45, 2.75) is 44.2 Å². The van der Waals surface area contributed by atoms with Crippen molar-refractivity contribution in [1.29, 1.82) is 0 Å². The minimum atomic E-state index is -0.786. The number of ether oxygens (including phenoxy) is 2. The summed E-state index contributed by atoms with van der Waals surface area (Å²) in [6.07, 6.45) is 4.43. The van der Waals surface area contributed by atoms with E-state index in [1.54, 1.807) is 14.2 Å². The lowest BCUT2D eigenvalue weighted by Gasteiger charge is -2.34. The van der Waals surface area contributed by atoms with E-state index in [2.05, 4.69) is 5.32 Å². The van der Waals surface area contributed by atoms with Crippen LogP contribution in [0.5, 0.6) is 11.5 Å². The van der Waals surface area contributed by atoms with Crippen molar-refractivity contribution in [2.75, 3.05) is 14.2 Å². The maximum absolute atomic E-state index is 11.6. The lowest BCUT2D eigenvalue weighted by atomic mass is 9.81. The van der Waals surface area contributed by atoms with Gasteiger partial charge in [0.2, 0.25) is 0 Å². The Balaban J connectivity index is 2.09. The van der Waals surface area contributed by atoms with Gasteiger partial charge >= 0.3 is 5.97 Å². The maximum Gasteiger partial charge on any atom is 0.323 e. The summed E-state index contributed by atoms with van der Waals surface area (Å²) in [6, 6.07) is 5.64. The smallest absolute Gasteiger partial charge is 0.323 e. The standard InChI is InChI=1S/C16H23NO4/c1-20-13-7-6-12(10-14(13)21-2)11-17-16(15(18)19)8-4-3-5-9-16/h6-7,10,17H,3-5,8-9,11H2,1-2H3,(H,18,19). The van der Waals surface area contributed by atoms with Crippen LogP contribution in [0, 0.1) is 0 Å². The molecule has 0 saturated heterocycles. The Morgan fingerprint density at radius 2 is 1.86 bits per heavy atom. The van der Waals surface area contributed by atoms with Crippen molar-refractivity contribution in [3.8, 4) is 11.5 Å². The molecule has 0 unspecified atom stereocenters. The summed E-state index contributed by atoms with van der Waals surface area (Å²) >= 11 is 0. The Morgan fingerprint density at radius 1 is 1.19 bits per heavy atom. The monoisotopic (exact) mass is 293 g/mol. The number of hydrogen-bond acceptors (Lipinski definition) is 4. The minimum absolute atomic E-state index is 0.507. The highest BCUT2D eigenvalue weighted by Crippen LogP contribution is 2.30. The predicted molar refractivity (Wildman–Crippen MR) is 79.8 cm³/mol. The SMILES string of the molecule is COc1ccc(CNC2(C(=O)O)CCCCC2)cc1OC. The van der Waals surface area contributed by atoms with Crippen molar-refractivity contribution in [1.82, 2.24) is 5.32 Å². The molecule has 0 bridgehead atoms. The predicted octanol–water partition coefficient (Wildman–Crippen LogP) is 2.58. The first kappa shape index (κ1) is 15.6. The normalized spacial score (nSPS) is 17.2. The van der Waals surface area contributed by atoms with Crippen LogP contribution in [0.25, 0.3) is 0 Å². The highest BCUT2D eigenvalue weighted by Gasteiger charge is 2.38. The van der Waals surface area contributed by atoms with Gasteiger partial charge in [0.25, 0.3) is 0 Å². The van der Waals surface area contributed by atoms with E-state index in [1.807, 2.05) is 18.2 Å². The Bertz CT molecular complexity index is 495. The largest absolute Gasteiger partial charge is 0.493 e. The fourth-order valence-corrected chi connectivity index (χ4v) is 2.88. The highest BCUT2D eigenvalue weighted by atomic mass is 16.5. The van der Waals surface area contributed by atoms with E-state index < -0.39 is 11.5 Å². The summed E-state index contributed by atoms with van der Waals surface area (Å²) in [7, 11) is 3.19. The van der Waals surface area contributed by atoms with Crippen LogP contribution in [-0.4, -0.2) is 30.8 Å². The van der Waals surface area contributed by atoms with Crippen molar-refractivity contribution >= 4 is 5.97 Å². The van der Waals surface area contributed by atoms with Gasteiger partial charge in [-0.2, -0.15) is 0 Å². The van der Waals surface area contributed by atoms with Crippen LogP contribution in [0.4, 0.5) is 0 Å². The molecule has 1 aromatic rings. The van der Waals surface area contributed by atoms with Gasteiger partial charge in [0.1, 0.15) is 5.54 Å². The first-order valence-corrected chi connectivity index (χ1v) is 7.30. The number of carboxylic acids is 1. The summed E-state index contributed by atoms with van der Waals surface area (Å²) in [5.74, 6) is 0.583. The van der Waals surface area contributed by atoms with Gasteiger partial charge in [-0.15, -0.1) is 0 Å². The quantitative estimate of drug-likeness (QED) is 0.844. The zero-order valence-corrected chi connectivity index (χ0v) is 12.6. The van der Waals surface area contributed by atoms with Gasteiger partial charge in [0.15, 0.2) is 11.5 Å². The second kappa shape index (κ2) is 6.80. The van der Waals surface area contributed by atoms with E-state index in [0.717, 1.165) is 24.8 Å². The second-order valence-electron chi connectivity index (χ2n) is 5.49. The zero-order chi connectivity index (χ0) is 15.3. The maximum atomic E-state index is 11.6. The molecule has 5 heteroatoms. The zero-order valence-electron chi connectivity index (χ0n) is 12.6. The first-order chi connectivity index (χ1) is 10.1. The second-order valence-corrected chi connectivity index (χ2v) is 5.49. The molecular weight excluding hydrogens is 270 g/mol. The number of nitrogens with one attached hydrogen (secondary N) is 1. The van der Waals surface area contributed by atoms with Crippen LogP contribution < -0.4 is 14.8 Å². The number of rotatable bonds is 6. The first-order valence-electron chi connectivity index (χ1n) is 7.30. The molecule has 0 amide bonds. The number of methoxy groups -OCH3 is 2. The lowest BCUT2D eigenvalue weighted by Crippen LogP contribution is -2.52. The van der Waals surface area contributed by atoms with Crippen LogP contribution in [-0.2, 0) is 11.3 Å². The summed E-state index contributed by atoms with van der Waals surface area (Å²) in [6.45, 7) is 0.507. The van der Waals surface area contributed by atoms with Crippen LogP contribution in [0.3, 0.4) is 0 Å². The molecule has 0 heterocycles. The summed E-state index contributed by atoms with van der Waals surface area (Å²) in [4.78, 5) is 11.6. The third kappa shape index (κ3) is 3.47. The molecule has 116 valence electrons. The van der Waals surface area contributed by atoms with Gasteiger partial charge in [-0.05, 0) is 30.5 Å². The molecule has 0 atom stereocenters. The molecule has 1 aromatic carbocycles. The summed E-state index contributed by atoms with van der Waals surface area (Å²) in [5, 5.41) is 12.8. The van der Waals surface area contributed by atoms with Crippen LogP contribution in [0.15, 0.2) is 18.2 Å². The fraction of sp³-hybridized carbons (Fsp3) is 0.562. The molecule has 0 aromatic heterocycles. The van der Waals surface area contributed by atoms with Gasteiger partial charge in [0.05, 0.1) is 14.2 Å². The molecule has 21 heavy (non-hydrogen) atoms. The molecule has 1 aliphatic rings. The van der Waals surface area contributed by atoms with Crippen LogP contribution in [0.2, 0.25) is 0 Å². The molecule has 2 rings (SSSR count). The van der Waals surface area contributed by atoms with E-state index in [0.29, 0.717) is 30.9 Å². The third-order valence-electron chi connectivity index (χ3n) is 4.20. The Morgan fingerprint density at radius 3 is 2.43 bits per heavy atom. The molecule has 1 aliphatic carbocycles. The van der Waals surface area contributed by atoms with Crippen molar-refractivity contribution < 1.29 is 19.4 Å². The summed E-state index contributed by atoms with van der Waals surface area (Å²) in [5.41, 5.74) is 0.199. The van der Waals surface area contributed by atoms with Gasteiger partial charge < -0.3 is 14.6 Å². The van der Waals surface area contributed by atoms with E-state index in [4.69, 9.17) is 9.47 Å². The van der Waals surface area contributed by atoms with Crippen molar-refractivity contribution in [3.05, 3.63) is 23.8 Å². The number of carboxylic acid groups (broad SMARTS) is 1. The Hall–Kier alpha value is -1.75. The molecule has 0 aliphatic heterocycles. The molecule has 1 fully saturated rings. The number of hydrogen-bond donors (Lipinski definition) is 2. The van der Waals surface area contributed by atoms with Gasteiger partial charge in [0, 0.05) is 6.54 Å². The van der Waals surface area contributed by atoms with E-state index in [-0.39, 0.29) is 0 Å². The van der Waals surface area contributed by atoms with Crippen LogP contribution in [0.1, 0.15) is 37.7 Å². The minimum Gasteiger partial charge on any atom is -0.493 e. The highest BCUT2D eigenvalue weighted by molar-refractivity contribution is 5.78. The number of carbonyl (C=O) groups is 1. The lowest BCUT2D eigenvalue weighted by molar-refractivity contribution is -0.146. The molecular formula is C16H23NO4. The van der Waals surface area contributed by atoms with E-state index in [9.17, 15) is 9.90 Å². The average molecular weight is 293 g/mol. The Labute approximate surface area is 125 Å². The van der Waals surface area contributed by atoms with Gasteiger partial charge in [-0.1, -0.05) is 25.3 Å². The Kier molecular flexibility index (Phi) is 5.07. The molecule has 5 nitrogen and oxygen atoms in total. The van der Waals surface area contributed by atoms with Crippen molar-refractivity contribution in [2.24, 2.45) is 0 Å². The number of benzene rings is 1. The van der Waals surface area contributed by atoms with Gasteiger partial charge in [-0.25, -0.2) is 0 Å². The van der Waals surface area contributed by atoms with Gasteiger partial charge in [-0.3, -0.25) is 10.1 Å². The number of aliphatic carboxylic acids is 1. The van der Waals surface area contributed by atoms with E-state index in [1.165, 1.54) is 0 Å². The molecule has 1 saturated carbocycles. The molecule has 2 N–H and O–H groups in total. The molecule has 0 radical (unpaired) electrons. The van der Waals surface area contributed by atoms with Crippen molar-refractivity contribution in [3.63, 3.8) is 0 Å². The average Bonchev–Trinajstić information content (AvgIpc) is 2.53. The van der Waals surface area contributed by atoms with Crippen LogP contribution >= 0.6 is 0 Å². The molecule has 0 spiro atoms. The fourth-order valence-electron chi connectivity index (χ4n) is 2.88. The van der Waals surface area contributed by atoms with E-state index >= 15 is 0 Å². The third-order valence-corrected chi connectivity index (χ3v) is 4.20. The summed E-state index contributed by atoms with van der Waals surface area (Å²) < 4.78 is 10.5.